The molecule has 8 heteroatoms. The van der Waals surface area contributed by atoms with Gasteiger partial charge in [0.1, 0.15) is 17.4 Å². The SMILES string of the molecule is COc1ccc(N(Cc2ccc(F)cc2F)S(=O)(=O)c2ccc(Cl)cc2)cc1. The molecular formula is C20H16ClF2NO3S. The summed E-state index contributed by atoms with van der Waals surface area (Å²) in [4.78, 5) is -0.00441. The summed E-state index contributed by atoms with van der Waals surface area (Å²) in [7, 11) is -2.55. The van der Waals surface area contributed by atoms with Crippen molar-refractivity contribution >= 4 is 27.3 Å². The van der Waals surface area contributed by atoms with Crippen LogP contribution >= 0.6 is 11.6 Å². The summed E-state index contributed by atoms with van der Waals surface area (Å²) in [5.74, 6) is -1.02. The molecule has 0 aliphatic rings. The molecule has 0 saturated heterocycles. The Hall–Kier alpha value is -2.64. The maximum absolute atomic E-state index is 14.2. The summed E-state index contributed by atoms with van der Waals surface area (Å²) in [5.41, 5.74) is 0.342. The van der Waals surface area contributed by atoms with Gasteiger partial charge < -0.3 is 4.74 Å². The minimum atomic E-state index is -4.04. The van der Waals surface area contributed by atoms with Gasteiger partial charge in [0.2, 0.25) is 0 Å². The Bertz CT molecular complexity index is 1070. The number of methoxy groups -OCH3 is 1. The molecule has 3 rings (SSSR count). The minimum Gasteiger partial charge on any atom is -0.497 e. The van der Waals surface area contributed by atoms with Crippen molar-refractivity contribution in [1.82, 2.24) is 0 Å². The van der Waals surface area contributed by atoms with Crippen LogP contribution in [-0.2, 0) is 16.6 Å². The number of sulfonamides is 1. The standard InChI is InChI=1S/C20H16ClF2NO3S/c1-27-18-8-6-17(7-9-18)24(13-14-2-5-16(22)12-20(14)23)28(25,26)19-10-3-15(21)4-11-19/h2-12H,13H2,1H3. The fourth-order valence-corrected chi connectivity index (χ4v) is 4.17. The van der Waals surface area contributed by atoms with Crippen LogP contribution in [0.15, 0.2) is 71.6 Å². The summed E-state index contributed by atoms with van der Waals surface area (Å²) >= 11 is 5.85. The number of nitrogens with zero attached hydrogens (tertiary/aromatic N) is 1. The normalized spacial score (nSPS) is 11.3. The average molecular weight is 424 g/mol. The lowest BCUT2D eigenvalue weighted by atomic mass is 10.2. The lowest BCUT2D eigenvalue weighted by Crippen LogP contribution is -2.31. The molecule has 146 valence electrons. The highest BCUT2D eigenvalue weighted by atomic mass is 35.5. The molecule has 0 aliphatic carbocycles. The summed E-state index contributed by atoms with van der Waals surface area (Å²) in [6, 6.07) is 15.0. The lowest BCUT2D eigenvalue weighted by Gasteiger charge is -2.25. The predicted molar refractivity (Wildman–Crippen MR) is 104 cm³/mol. The van der Waals surface area contributed by atoms with Crippen LogP contribution in [0.4, 0.5) is 14.5 Å². The third-order valence-corrected chi connectivity index (χ3v) is 6.13. The average Bonchev–Trinajstić information content (AvgIpc) is 2.68. The largest absolute Gasteiger partial charge is 0.497 e. The van der Waals surface area contributed by atoms with E-state index in [9.17, 15) is 17.2 Å². The van der Waals surface area contributed by atoms with Crippen LogP contribution in [0.2, 0.25) is 5.02 Å². The van der Waals surface area contributed by atoms with Crippen LogP contribution in [-0.4, -0.2) is 15.5 Å². The second-order valence-corrected chi connectivity index (χ2v) is 8.20. The van der Waals surface area contributed by atoms with E-state index < -0.39 is 21.7 Å². The molecule has 0 fully saturated rings. The molecule has 0 aromatic heterocycles. The topological polar surface area (TPSA) is 46.6 Å². The van der Waals surface area contributed by atoms with Crippen LogP contribution in [0.5, 0.6) is 5.75 Å². The van der Waals surface area contributed by atoms with E-state index in [1.165, 1.54) is 37.4 Å². The van der Waals surface area contributed by atoms with E-state index in [4.69, 9.17) is 16.3 Å². The molecule has 0 aliphatic heterocycles. The van der Waals surface area contributed by atoms with Crippen molar-refractivity contribution < 1.29 is 21.9 Å². The van der Waals surface area contributed by atoms with Gasteiger partial charge in [0.15, 0.2) is 0 Å². The molecule has 0 bridgehead atoms. The summed E-state index contributed by atoms with van der Waals surface area (Å²) in [5, 5.41) is 0.388. The van der Waals surface area contributed by atoms with Gasteiger partial charge in [-0.25, -0.2) is 17.2 Å². The molecule has 0 atom stereocenters. The van der Waals surface area contributed by atoms with Crippen molar-refractivity contribution in [3.63, 3.8) is 0 Å². The summed E-state index contributed by atoms with van der Waals surface area (Å²) < 4.78 is 60.0. The number of rotatable bonds is 6. The smallest absolute Gasteiger partial charge is 0.264 e. The second-order valence-electron chi connectivity index (χ2n) is 5.90. The maximum Gasteiger partial charge on any atom is 0.264 e. The van der Waals surface area contributed by atoms with Crippen LogP contribution in [0.25, 0.3) is 0 Å². The third-order valence-electron chi connectivity index (χ3n) is 4.09. The first kappa shape index (κ1) is 20.1. The molecule has 4 nitrogen and oxygen atoms in total. The van der Waals surface area contributed by atoms with Crippen molar-refractivity contribution in [2.45, 2.75) is 11.4 Å². The van der Waals surface area contributed by atoms with Crippen molar-refractivity contribution in [3.05, 3.63) is 89.0 Å². The molecule has 3 aromatic carbocycles. The monoisotopic (exact) mass is 423 g/mol. The van der Waals surface area contributed by atoms with Gasteiger partial charge in [0.05, 0.1) is 24.2 Å². The predicted octanol–water partition coefficient (Wildman–Crippen LogP) is 5.02. The minimum absolute atomic E-state index is 0.00441. The van der Waals surface area contributed by atoms with Gasteiger partial charge >= 0.3 is 0 Å². The quantitative estimate of drug-likeness (QED) is 0.559. The number of halogens is 3. The molecule has 0 unspecified atom stereocenters. The van der Waals surface area contributed by atoms with E-state index in [0.717, 1.165) is 16.4 Å². The van der Waals surface area contributed by atoms with Crippen LogP contribution in [0, 0.1) is 11.6 Å². The molecule has 0 amide bonds. The Kier molecular flexibility index (Phi) is 5.86. The molecule has 3 aromatic rings. The fraction of sp³-hybridized carbons (Fsp3) is 0.100. The molecule has 0 radical (unpaired) electrons. The Balaban J connectivity index is 2.08. The molecule has 28 heavy (non-hydrogen) atoms. The zero-order valence-corrected chi connectivity index (χ0v) is 16.3. The number of ether oxygens (including phenoxy) is 1. The molecule has 0 spiro atoms. The molecule has 0 heterocycles. The van der Waals surface area contributed by atoms with E-state index in [-0.39, 0.29) is 17.0 Å². The van der Waals surface area contributed by atoms with Crippen molar-refractivity contribution in [2.75, 3.05) is 11.4 Å². The highest BCUT2D eigenvalue weighted by Crippen LogP contribution is 2.29. The van der Waals surface area contributed by atoms with Crippen molar-refractivity contribution in [2.24, 2.45) is 0 Å². The van der Waals surface area contributed by atoms with Gasteiger partial charge in [0.25, 0.3) is 10.0 Å². The van der Waals surface area contributed by atoms with Crippen LogP contribution < -0.4 is 9.04 Å². The molecular weight excluding hydrogens is 408 g/mol. The van der Waals surface area contributed by atoms with Crippen LogP contribution in [0.1, 0.15) is 5.56 Å². The van der Waals surface area contributed by atoms with E-state index >= 15 is 0 Å². The first-order valence-electron chi connectivity index (χ1n) is 8.17. The van der Waals surface area contributed by atoms with Crippen LogP contribution in [0.3, 0.4) is 0 Å². The Morgan fingerprint density at radius 2 is 1.61 bits per heavy atom. The maximum atomic E-state index is 14.2. The van der Waals surface area contributed by atoms with Crippen molar-refractivity contribution in [1.29, 1.82) is 0 Å². The Morgan fingerprint density at radius 3 is 2.18 bits per heavy atom. The lowest BCUT2D eigenvalue weighted by molar-refractivity contribution is 0.415. The number of anilines is 1. The van der Waals surface area contributed by atoms with Gasteiger partial charge in [-0.3, -0.25) is 4.31 Å². The molecule has 0 N–H and O–H groups in total. The summed E-state index contributed by atoms with van der Waals surface area (Å²) in [6.07, 6.45) is 0. The van der Waals surface area contributed by atoms with E-state index in [1.807, 2.05) is 0 Å². The fourth-order valence-electron chi connectivity index (χ4n) is 2.60. The number of hydrogen-bond donors (Lipinski definition) is 0. The first-order valence-corrected chi connectivity index (χ1v) is 9.99. The second kappa shape index (κ2) is 8.16. The number of benzene rings is 3. The zero-order valence-electron chi connectivity index (χ0n) is 14.8. The third kappa shape index (κ3) is 4.26. The molecule has 0 saturated carbocycles. The van der Waals surface area contributed by atoms with Crippen molar-refractivity contribution in [3.8, 4) is 5.75 Å². The van der Waals surface area contributed by atoms with Gasteiger partial charge in [-0.2, -0.15) is 0 Å². The Morgan fingerprint density at radius 1 is 0.964 bits per heavy atom. The van der Waals surface area contributed by atoms with Gasteiger partial charge in [-0.15, -0.1) is 0 Å². The zero-order chi connectivity index (χ0) is 20.3. The van der Waals surface area contributed by atoms with Gasteiger partial charge in [-0.1, -0.05) is 17.7 Å². The van der Waals surface area contributed by atoms with E-state index in [2.05, 4.69) is 0 Å². The van der Waals surface area contributed by atoms with Gasteiger partial charge in [0, 0.05) is 16.7 Å². The highest BCUT2D eigenvalue weighted by Gasteiger charge is 2.26. The first-order chi connectivity index (χ1) is 13.3. The summed E-state index contributed by atoms with van der Waals surface area (Å²) in [6.45, 7) is -0.316. The Labute approximate surface area is 167 Å². The van der Waals surface area contributed by atoms with E-state index in [0.29, 0.717) is 16.5 Å². The number of hydrogen-bond acceptors (Lipinski definition) is 3. The highest BCUT2D eigenvalue weighted by molar-refractivity contribution is 7.92. The van der Waals surface area contributed by atoms with E-state index in [1.54, 1.807) is 24.3 Å². The van der Waals surface area contributed by atoms with Gasteiger partial charge in [-0.05, 0) is 54.6 Å².